The third kappa shape index (κ3) is 2.80. The first-order valence-electron chi connectivity index (χ1n) is 2.95. The summed E-state index contributed by atoms with van der Waals surface area (Å²) in [4.78, 5) is 0. The van der Waals surface area contributed by atoms with Crippen LogP contribution in [-0.4, -0.2) is 0 Å². The van der Waals surface area contributed by atoms with E-state index in [0.717, 1.165) is 19.0 Å². The second-order valence-corrected chi connectivity index (χ2v) is 7.77. The lowest BCUT2D eigenvalue weighted by atomic mass is 10.2. The molecule has 0 amide bonds. The van der Waals surface area contributed by atoms with Gasteiger partial charge in [-0.2, -0.15) is 0 Å². The molecule has 0 radical (unpaired) electrons. The molecule has 0 spiro atoms. The van der Waals surface area contributed by atoms with Crippen molar-refractivity contribution in [2.75, 3.05) is 0 Å². The zero-order chi connectivity index (χ0) is 9.30. The minimum atomic E-state index is 0.154. The van der Waals surface area contributed by atoms with Gasteiger partial charge in [0.1, 0.15) is 0 Å². The molecule has 5 heteroatoms. The average Bonchev–Trinajstić information content (AvgIpc) is 1.82. The Kier molecular flexibility index (Phi) is 4.79. The first kappa shape index (κ1) is 11.7. The summed E-state index contributed by atoms with van der Waals surface area (Å²) in [6, 6.07) is 4.02. The van der Waals surface area contributed by atoms with Crippen molar-refractivity contribution in [3.8, 4) is 0 Å². The Hall–Kier alpha value is 1.62. The van der Waals surface area contributed by atoms with Gasteiger partial charge in [-0.3, -0.25) is 0 Å². The molecule has 0 aromatic heterocycles. The topological polar surface area (TPSA) is 0 Å². The van der Waals surface area contributed by atoms with Crippen LogP contribution in [0.3, 0.4) is 0 Å². The standard InChI is InChI=1S/C7H3Br5/c8-3-1-4(9)6(7(11)12)5(10)2-3/h1-2,7H. The fraction of sp³-hybridized carbons (Fsp3) is 0.143. The molecule has 0 aliphatic carbocycles. The Morgan fingerprint density at radius 2 is 1.33 bits per heavy atom. The maximum absolute atomic E-state index is 3.48. The smallest absolute Gasteiger partial charge is 0.0711 e. The number of alkyl halides is 2. The number of rotatable bonds is 1. The molecule has 66 valence electrons. The molecular formula is C7H3Br5. The van der Waals surface area contributed by atoms with Crippen LogP contribution >= 0.6 is 79.6 Å². The Balaban J connectivity index is 3.28. The highest BCUT2D eigenvalue weighted by Gasteiger charge is 2.12. The second kappa shape index (κ2) is 4.91. The second-order valence-electron chi connectivity index (χ2n) is 2.08. The van der Waals surface area contributed by atoms with E-state index in [4.69, 9.17) is 0 Å². The van der Waals surface area contributed by atoms with Crippen LogP contribution in [0.25, 0.3) is 0 Å². The highest BCUT2D eigenvalue weighted by Crippen LogP contribution is 2.40. The number of hydrogen-bond donors (Lipinski definition) is 0. The molecule has 1 rings (SSSR count). The van der Waals surface area contributed by atoms with Gasteiger partial charge in [-0.1, -0.05) is 79.6 Å². The molecule has 0 heterocycles. The molecule has 12 heavy (non-hydrogen) atoms. The van der Waals surface area contributed by atoms with Gasteiger partial charge >= 0.3 is 0 Å². The van der Waals surface area contributed by atoms with Crippen molar-refractivity contribution in [1.82, 2.24) is 0 Å². The lowest BCUT2D eigenvalue weighted by Gasteiger charge is -2.08. The number of halogens is 5. The van der Waals surface area contributed by atoms with E-state index in [0.29, 0.717) is 0 Å². The summed E-state index contributed by atoms with van der Waals surface area (Å²) in [7, 11) is 0. The van der Waals surface area contributed by atoms with Gasteiger partial charge < -0.3 is 0 Å². The van der Waals surface area contributed by atoms with Crippen LogP contribution < -0.4 is 0 Å². The van der Waals surface area contributed by atoms with Gasteiger partial charge in [0, 0.05) is 19.0 Å². The minimum Gasteiger partial charge on any atom is -0.0711 e. The summed E-state index contributed by atoms with van der Waals surface area (Å²) in [5, 5.41) is 0. The summed E-state index contributed by atoms with van der Waals surface area (Å²) in [5.74, 6) is 0. The average molecular weight is 487 g/mol. The quantitative estimate of drug-likeness (QED) is 0.443. The van der Waals surface area contributed by atoms with Crippen LogP contribution in [0, 0.1) is 0 Å². The van der Waals surface area contributed by atoms with Crippen LogP contribution in [0.1, 0.15) is 9.30 Å². The SMILES string of the molecule is Brc1cc(Br)c(C(Br)Br)c(Br)c1. The Labute approximate surface area is 113 Å². The van der Waals surface area contributed by atoms with E-state index in [9.17, 15) is 0 Å². The predicted molar refractivity (Wildman–Crippen MR) is 70.1 cm³/mol. The van der Waals surface area contributed by atoms with Crippen molar-refractivity contribution in [3.05, 3.63) is 31.1 Å². The van der Waals surface area contributed by atoms with Crippen molar-refractivity contribution in [3.63, 3.8) is 0 Å². The molecule has 0 saturated carbocycles. The lowest BCUT2D eigenvalue weighted by Crippen LogP contribution is -1.85. The van der Waals surface area contributed by atoms with E-state index in [1.807, 2.05) is 12.1 Å². The van der Waals surface area contributed by atoms with Crippen LogP contribution in [-0.2, 0) is 0 Å². The van der Waals surface area contributed by atoms with Crippen LogP contribution in [0.15, 0.2) is 25.6 Å². The highest BCUT2D eigenvalue weighted by molar-refractivity contribution is 9.24. The van der Waals surface area contributed by atoms with E-state index in [2.05, 4.69) is 79.6 Å². The normalized spacial score (nSPS) is 10.8. The summed E-state index contributed by atoms with van der Waals surface area (Å²) < 4.78 is 3.32. The van der Waals surface area contributed by atoms with E-state index >= 15 is 0 Å². The van der Waals surface area contributed by atoms with Crippen LogP contribution in [0.4, 0.5) is 0 Å². The molecule has 0 atom stereocenters. The van der Waals surface area contributed by atoms with Crippen molar-refractivity contribution < 1.29 is 0 Å². The minimum absolute atomic E-state index is 0.154. The summed E-state index contributed by atoms with van der Waals surface area (Å²) in [6.07, 6.45) is 0. The fourth-order valence-corrected chi connectivity index (χ4v) is 5.69. The summed E-state index contributed by atoms with van der Waals surface area (Å²) in [6.45, 7) is 0. The van der Waals surface area contributed by atoms with Crippen LogP contribution in [0.2, 0.25) is 0 Å². The zero-order valence-corrected chi connectivity index (χ0v) is 13.6. The number of hydrogen-bond acceptors (Lipinski definition) is 0. The van der Waals surface area contributed by atoms with Gasteiger partial charge in [0.25, 0.3) is 0 Å². The van der Waals surface area contributed by atoms with E-state index in [1.165, 1.54) is 0 Å². The fourth-order valence-electron chi connectivity index (χ4n) is 0.762. The molecular weight excluding hydrogens is 484 g/mol. The monoisotopic (exact) mass is 482 g/mol. The van der Waals surface area contributed by atoms with Gasteiger partial charge in [0.15, 0.2) is 0 Å². The molecule has 1 aromatic carbocycles. The molecule has 0 saturated heterocycles. The maximum Gasteiger partial charge on any atom is 0.0968 e. The Morgan fingerprint density at radius 1 is 0.917 bits per heavy atom. The van der Waals surface area contributed by atoms with E-state index in [-0.39, 0.29) is 3.74 Å². The van der Waals surface area contributed by atoms with Gasteiger partial charge in [-0.15, -0.1) is 0 Å². The Bertz CT molecular complexity index is 271. The predicted octanol–water partition coefficient (Wildman–Crippen LogP) is 5.76. The molecule has 0 aliphatic heterocycles. The Morgan fingerprint density at radius 3 is 1.67 bits per heavy atom. The van der Waals surface area contributed by atoms with E-state index in [1.54, 1.807) is 0 Å². The molecule has 0 fully saturated rings. The summed E-state index contributed by atoms with van der Waals surface area (Å²) in [5.41, 5.74) is 1.15. The van der Waals surface area contributed by atoms with Crippen molar-refractivity contribution >= 4 is 79.6 Å². The van der Waals surface area contributed by atoms with Gasteiger partial charge in [0.05, 0.1) is 3.74 Å². The van der Waals surface area contributed by atoms with Crippen LogP contribution in [0.5, 0.6) is 0 Å². The largest absolute Gasteiger partial charge is 0.0968 e. The van der Waals surface area contributed by atoms with Gasteiger partial charge in [-0.05, 0) is 12.1 Å². The van der Waals surface area contributed by atoms with E-state index < -0.39 is 0 Å². The number of benzene rings is 1. The molecule has 0 unspecified atom stereocenters. The van der Waals surface area contributed by atoms with Crippen molar-refractivity contribution in [2.45, 2.75) is 3.74 Å². The van der Waals surface area contributed by atoms with Gasteiger partial charge in [0.2, 0.25) is 0 Å². The van der Waals surface area contributed by atoms with Crippen molar-refractivity contribution in [2.24, 2.45) is 0 Å². The summed E-state index contributed by atoms with van der Waals surface area (Å²) >= 11 is 17.3. The molecule has 0 bridgehead atoms. The zero-order valence-electron chi connectivity index (χ0n) is 5.62. The molecule has 0 N–H and O–H groups in total. The third-order valence-corrected chi connectivity index (χ3v) is 3.95. The highest BCUT2D eigenvalue weighted by atomic mass is 79.9. The third-order valence-electron chi connectivity index (χ3n) is 1.26. The lowest BCUT2D eigenvalue weighted by molar-refractivity contribution is 1.34. The van der Waals surface area contributed by atoms with Gasteiger partial charge in [-0.25, -0.2) is 0 Å². The van der Waals surface area contributed by atoms with Crippen molar-refractivity contribution in [1.29, 1.82) is 0 Å². The maximum atomic E-state index is 3.48. The first-order valence-corrected chi connectivity index (χ1v) is 7.16. The molecule has 0 nitrogen and oxygen atoms in total. The molecule has 0 aliphatic rings. The molecule has 1 aromatic rings. The first-order chi connectivity index (χ1) is 5.52.